The maximum Gasteiger partial charge on any atom is 0.257 e. The number of H-pyrrole nitrogens is 1. The Morgan fingerprint density at radius 2 is 2.11 bits per heavy atom. The molecule has 0 radical (unpaired) electrons. The van der Waals surface area contributed by atoms with Crippen molar-refractivity contribution in [1.29, 1.82) is 5.26 Å². The van der Waals surface area contributed by atoms with Crippen molar-refractivity contribution < 1.29 is 9.59 Å². The normalized spacial score (nSPS) is 18.4. The molecule has 0 unspecified atom stereocenters. The SMILES string of the molecule is Cc1cnc2[nH]cc3c2c1CN([C@@H](C(=O)N1CC(C#N)C1)C(C)(C)C)C3=O. The van der Waals surface area contributed by atoms with Gasteiger partial charge in [-0.3, -0.25) is 9.59 Å². The van der Waals surface area contributed by atoms with E-state index in [-0.39, 0.29) is 17.7 Å². The van der Waals surface area contributed by atoms with E-state index < -0.39 is 11.5 Å². The number of carbonyl (C=O) groups excluding carboxylic acids is 2. The molecule has 27 heavy (non-hydrogen) atoms. The van der Waals surface area contributed by atoms with Crippen LogP contribution in [0.2, 0.25) is 0 Å². The highest BCUT2D eigenvalue weighted by molar-refractivity contribution is 6.10. The Morgan fingerprint density at radius 3 is 2.74 bits per heavy atom. The summed E-state index contributed by atoms with van der Waals surface area (Å²) in [6.07, 6.45) is 3.49. The molecule has 1 fully saturated rings. The van der Waals surface area contributed by atoms with Gasteiger partial charge in [-0.2, -0.15) is 5.26 Å². The van der Waals surface area contributed by atoms with Crippen molar-refractivity contribution in [3.63, 3.8) is 0 Å². The monoisotopic (exact) mass is 365 g/mol. The molecule has 1 N–H and O–H groups in total. The molecule has 0 bridgehead atoms. The molecule has 0 spiro atoms. The second kappa shape index (κ2) is 5.81. The lowest BCUT2D eigenvalue weighted by atomic mass is 9.82. The molecule has 2 amide bonds. The smallest absolute Gasteiger partial charge is 0.257 e. The molecular formula is C20H23N5O2. The standard InChI is InChI=1S/C20H23N5O2/c1-11-6-22-17-15-13(7-23-17)18(26)25(10-14(11)15)16(20(2,3)4)19(27)24-8-12(5-21)9-24/h6-7,12,16H,8-10H2,1-4H3,(H,22,23)/t16-/m0/s1. The fraction of sp³-hybridized carbons (Fsp3) is 0.500. The van der Waals surface area contributed by atoms with Crippen molar-refractivity contribution in [2.75, 3.05) is 13.1 Å². The van der Waals surface area contributed by atoms with Crippen LogP contribution in [0.15, 0.2) is 12.4 Å². The largest absolute Gasteiger partial charge is 0.345 e. The first kappa shape index (κ1) is 17.5. The maximum absolute atomic E-state index is 13.3. The number of nitrogens with zero attached hydrogens (tertiary/aromatic N) is 4. The van der Waals surface area contributed by atoms with Crippen LogP contribution in [0.3, 0.4) is 0 Å². The molecule has 4 rings (SSSR count). The van der Waals surface area contributed by atoms with Crippen LogP contribution in [-0.4, -0.2) is 50.7 Å². The summed E-state index contributed by atoms with van der Waals surface area (Å²) in [5.74, 6) is -0.332. The Bertz CT molecular complexity index is 988. The van der Waals surface area contributed by atoms with Gasteiger partial charge in [0.1, 0.15) is 11.7 Å². The molecule has 7 heteroatoms. The zero-order chi connectivity index (χ0) is 19.5. The van der Waals surface area contributed by atoms with Crippen LogP contribution in [0, 0.1) is 29.6 Å². The first-order chi connectivity index (χ1) is 12.7. The quantitative estimate of drug-likeness (QED) is 0.883. The fourth-order valence-electron chi connectivity index (χ4n) is 4.12. The summed E-state index contributed by atoms with van der Waals surface area (Å²) < 4.78 is 0. The summed E-state index contributed by atoms with van der Waals surface area (Å²) in [7, 11) is 0. The summed E-state index contributed by atoms with van der Waals surface area (Å²) in [5, 5.41) is 9.88. The lowest BCUT2D eigenvalue weighted by Gasteiger charge is -2.46. The molecular weight excluding hydrogens is 342 g/mol. The van der Waals surface area contributed by atoms with Gasteiger partial charge >= 0.3 is 0 Å². The number of aromatic amines is 1. The number of pyridine rings is 1. The van der Waals surface area contributed by atoms with E-state index in [2.05, 4.69) is 16.0 Å². The highest BCUT2D eigenvalue weighted by atomic mass is 16.2. The van der Waals surface area contributed by atoms with Crippen molar-refractivity contribution >= 4 is 22.8 Å². The third kappa shape index (κ3) is 2.59. The molecule has 0 saturated carbocycles. The van der Waals surface area contributed by atoms with Crippen LogP contribution >= 0.6 is 0 Å². The molecule has 1 atom stereocenters. The van der Waals surface area contributed by atoms with Crippen molar-refractivity contribution in [1.82, 2.24) is 19.8 Å². The summed E-state index contributed by atoms with van der Waals surface area (Å²) in [6.45, 7) is 9.19. The van der Waals surface area contributed by atoms with Crippen molar-refractivity contribution in [3.05, 3.63) is 29.1 Å². The third-order valence-corrected chi connectivity index (χ3v) is 5.59. The summed E-state index contributed by atoms with van der Waals surface area (Å²) >= 11 is 0. The van der Waals surface area contributed by atoms with Gasteiger partial charge in [0.15, 0.2) is 0 Å². The number of aryl methyl sites for hydroxylation is 1. The van der Waals surface area contributed by atoms with Crippen molar-refractivity contribution in [3.8, 4) is 6.07 Å². The number of nitrogens with one attached hydrogen (secondary N) is 1. The minimum absolute atomic E-state index is 0.0794. The topological polar surface area (TPSA) is 93.1 Å². The van der Waals surface area contributed by atoms with E-state index in [1.165, 1.54) is 0 Å². The van der Waals surface area contributed by atoms with Gasteiger partial charge in [0.25, 0.3) is 5.91 Å². The minimum Gasteiger partial charge on any atom is -0.345 e. The molecule has 2 aliphatic rings. The summed E-state index contributed by atoms with van der Waals surface area (Å²) in [4.78, 5) is 37.4. The zero-order valence-corrected chi connectivity index (χ0v) is 16.0. The van der Waals surface area contributed by atoms with Gasteiger partial charge in [0.2, 0.25) is 5.91 Å². The van der Waals surface area contributed by atoms with Gasteiger partial charge in [-0.25, -0.2) is 4.98 Å². The molecule has 140 valence electrons. The minimum atomic E-state index is -0.588. The fourth-order valence-corrected chi connectivity index (χ4v) is 4.12. The molecule has 4 heterocycles. The number of aromatic nitrogens is 2. The Kier molecular flexibility index (Phi) is 3.77. The van der Waals surface area contributed by atoms with Crippen molar-refractivity contribution in [2.24, 2.45) is 11.3 Å². The number of hydrogen-bond acceptors (Lipinski definition) is 4. The van der Waals surface area contributed by atoms with E-state index in [0.717, 1.165) is 16.5 Å². The zero-order valence-electron chi connectivity index (χ0n) is 16.0. The molecule has 0 aromatic carbocycles. The predicted octanol–water partition coefficient (Wildman–Crippen LogP) is 2.22. The maximum atomic E-state index is 13.3. The van der Waals surface area contributed by atoms with Crippen LogP contribution in [-0.2, 0) is 11.3 Å². The van der Waals surface area contributed by atoms with Crippen LogP contribution in [0.5, 0.6) is 0 Å². The van der Waals surface area contributed by atoms with E-state index in [1.54, 1.807) is 22.2 Å². The Hall–Kier alpha value is -2.88. The number of amides is 2. The molecule has 7 nitrogen and oxygen atoms in total. The Morgan fingerprint density at radius 1 is 1.41 bits per heavy atom. The van der Waals surface area contributed by atoms with E-state index in [1.807, 2.05) is 27.7 Å². The van der Waals surface area contributed by atoms with E-state index >= 15 is 0 Å². The Balaban J connectivity index is 1.74. The van der Waals surface area contributed by atoms with Gasteiger partial charge in [0.05, 0.1) is 17.6 Å². The number of likely N-dealkylation sites (tertiary alicyclic amines) is 1. The predicted molar refractivity (Wildman–Crippen MR) is 99.6 cm³/mol. The summed E-state index contributed by atoms with van der Waals surface area (Å²) in [5.41, 5.74) is 2.89. The van der Waals surface area contributed by atoms with Gasteiger partial charge in [-0.1, -0.05) is 20.8 Å². The Labute approximate surface area is 158 Å². The third-order valence-electron chi connectivity index (χ3n) is 5.59. The second-order valence-electron chi connectivity index (χ2n) is 8.62. The molecule has 2 aliphatic heterocycles. The molecule has 0 aliphatic carbocycles. The number of carbonyl (C=O) groups is 2. The molecule has 1 saturated heterocycles. The number of nitriles is 1. The summed E-state index contributed by atoms with van der Waals surface area (Å²) in [6, 6.07) is 1.61. The van der Waals surface area contributed by atoms with Crippen molar-refractivity contribution in [2.45, 2.75) is 40.3 Å². The number of rotatable bonds is 2. The highest BCUT2D eigenvalue weighted by Crippen LogP contribution is 2.36. The second-order valence-corrected chi connectivity index (χ2v) is 8.62. The van der Waals surface area contributed by atoms with Crippen LogP contribution < -0.4 is 0 Å². The molecule has 2 aromatic rings. The lowest BCUT2D eigenvalue weighted by Crippen LogP contribution is -2.61. The van der Waals surface area contributed by atoms with Crippen LogP contribution in [0.1, 0.15) is 42.3 Å². The van der Waals surface area contributed by atoms with Crippen LogP contribution in [0.4, 0.5) is 0 Å². The highest BCUT2D eigenvalue weighted by Gasteiger charge is 2.46. The average molecular weight is 365 g/mol. The van der Waals surface area contributed by atoms with E-state index in [0.29, 0.717) is 30.8 Å². The first-order valence-electron chi connectivity index (χ1n) is 9.17. The van der Waals surface area contributed by atoms with E-state index in [4.69, 9.17) is 5.26 Å². The van der Waals surface area contributed by atoms with Gasteiger partial charge < -0.3 is 14.8 Å². The van der Waals surface area contributed by atoms with Gasteiger partial charge in [-0.05, 0) is 23.5 Å². The molecule has 2 aromatic heterocycles. The van der Waals surface area contributed by atoms with Gasteiger partial charge in [-0.15, -0.1) is 0 Å². The number of hydrogen-bond donors (Lipinski definition) is 1. The lowest BCUT2D eigenvalue weighted by molar-refractivity contribution is -0.145. The van der Waals surface area contributed by atoms with Crippen LogP contribution in [0.25, 0.3) is 11.0 Å². The van der Waals surface area contributed by atoms with E-state index in [9.17, 15) is 9.59 Å². The average Bonchev–Trinajstić information content (AvgIpc) is 2.97. The first-order valence-corrected chi connectivity index (χ1v) is 9.17. The van der Waals surface area contributed by atoms with Gasteiger partial charge in [0, 0.05) is 37.4 Å².